The number of likely N-dealkylation sites (tertiary alicyclic amines) is 1. The van der Waals surface area contributed by atoms with Crippen LogP contribution in [0.15, 0.2) is 28.9 Å². The standard InChI is InChI=1S/C25H29FN2O2S/c1-2-18-22(31-23-4-3-10-27-25(29)24(18)23)9-13-28-11-7-16(8-12-28)20-15-30-21-14-17(26)5-6-19(20)21/h5-6,14-16H,2-4,7-13H2,1H3,(H,27,29). The molecule has 4 heterocycles. The number of halogens is 1. The summed E-state index contributed by atoms with van der Waals surface area (Å²) in [4.78, 5) is 17.7. The molecule has 31 heavy (non-hydrogen) atoms. The lowest BCUT2D eigenvalue weighted by Gasteiger charge is -2.31. The first-order valence-electron chi connectivity index (χ1n) is 11.4. The molecule has 2 aliphatic heterocycles. The molecule has 1 amide bonds. The highest BCUT2D eigenvalue weighted by Gasteiger charge is 2.26. The van der Waals surface area contributed by atoms with Crippen molar-refractivity contribution in [2.45, 2.75) is 51.4 Å². The van der Waals surface area contributed by atoms with E-state index in [-0.39, 0.29) is 11.7 Å². The summed E-state index contributed by atoms with van der Waals surface area (Å²) in [5, 5.41) is 4.10. The van der Waals surface area contributed by atoms with Crippen molar-refractivity contribution >= 4 is 28.2 Å². The molecular formula is C25H29FN2O2S. The molecule has 0 aliphatic carbocycles. The van der Waals surface area contributed by atoms with Crippen LogP contribution in [0.2, 0.25) is 0 Å². The molecule has 0 radical (unpaired) electrons. The summed E-state index contributed by atoms with van der Waals surface area (Å²) in [5.41, 5.74) is 4.11. The molecular weight excluding hydrogens is 411 g/mol. The minimum Gasteiger partial charge on any atom is -0.464 e. The van der Waals surface area contributed by atoms with Gasteiger partial charge in [0.05, 0.1) is 11.8 Å². The van der Waals surface area contributed by atoms with Crippen LogP contribution >= 0.6 is 11.3 Å². The second-order valence-corrected chi connectivity index (χ2v) is 9.90. The van der Waals surface area contributed by atoms with Gasteiger partial charge in [0.25, 0.3) is 5.91 Å². The van der Waals surface area contributed by atoms with Crippen LogP contribution in [0.25, 0.3) is 11.0 Å². The minimum absolute atomic E-state index is 0.125. The van der Waals surface area contributed by atoms with Crippen molar-refractivity contribution in [2.24, 2.45) is 0 Å². The summed E-state index contributed by atoms with van der Waals surface area (Å²) in [7, 11) is 0. The van der Waals surface area contributed by atoms with E-state index in [9.17, 15) is 9.18 Å². The second-order valence-electron chi connectivity index (χ2n) is 8.71. The average molecular weight is 441 g/mol. The van der Waals surface area contributed by atoms with E-state index in [1.807, 2.05) is 23.7 Å². The largest absolute Gasteiger partial charge is 0.464 e. The maximum Gasteiger partial charge on any atom is 0.252 e. The number of furan rings is 1. The van der Waals surface area contributed by atoms with E-state index < -0.39 is 0 Å². The van der Waals surface area contributed by atoms with Crippen LogP contribution in [0.3, 0.4) is 0 Å². The SMILES string of the molecule is CCc1c(CCN2CCC(c3coc4cc(F)ccc34)CC2)sc2c1C(=O)NCCC2. The molecule has 1 aromatic carbocycles. The van der Waals surface area contributed by atoms with Crippen LogP contribution in [-0.4, -0.2) is 37.0 Å². The van der Waals surface area contributed by atoms with E-state index in [1.54, 1.807) is 0 Å². The number of hydrogen-bond donors (Lipinski definition) is 1. The molecule has 0 atom stereocenters. The fraction of sp³-hybridized carbons (Fsp3) is 0.480. The van der Waals surface area contributed by atoms with Crippen molar-refractivity contribution in [2.75, 3.05) is 26.2 Å². The van der Waals surface area contributed by atoms with Gasteiger partial charge in [-0.05, 0) is 75.2 Å². The highest BCUT2D eigenvalue weighted by molar-refractivity contribution is 7.12. The molecule has 0 saturated carbocycles. The van der Waals surface area contributed by atoms with Crippen molar-refractivity contribution in [1.82, 2.24) is 10.2 Å². The monoisotopic (exact) mass is 440 g/mol. The van der Waals surface area contributed by atoms with Gasteiger partial charge in [0.1, 0.15) is 11.4 Å². The van der Waals surface area contributed by atoms with E-state index in [1.165, 1.54) is 33.0 Å². The Hall–Kier alpha value is -2.18. The van der Waals surface area contributed by atoms with Gasteiger partial charge in [0, 0.05) is 39.9 Å². The first-order valence-corrected chi connectivity index (χ1v) is 12.3. The summed E-state index contributed by atoms with van der Waals surface area (Å²) in [6.07, 6.45) is 8.00. The number of aryl methyl sites for hydroxylation is 1. The van der Waals surface area contributed by atoms with E-state index in [2.05, 4.69) is 17.1 Å². The Labute approximate surface area is 186 Å². The topological polar surface area (TPSA) is 45.5 Å². The normalized spacial score (nSPS) is 18.2. The summed E-state index contributed by atoms with van der Waals surface area (Å²) in [6.45, 7) is 6.11. The molecule has 2 aliphatic rings. The molecule has 4 nitrogen and oxygen atoms in total. The van der Waals surface area contributed by atoms with Gasteiger partial charge in [0.15, 0.2) is 0 Å². The Morgan fingerprint density at radius 3 is 2.94 bits per heavy atom. The lowest BCUT2D eigenvalue weighted by molar-refractivity contribution is 0.0955. The number of nitrogens with zero attached hydrogens (tertiary/aromatic N) is 1. The highest BCUT2D eigenvalue weighted by Crippen LogP contribution is 2.36. The van der Waals surface area contributed by atoms with Crippen molar-refractivity contribution in [3.63, 3.8) is 0 Å². The average Bonchev–Trinajstić information content (AvgIpc) is 3.30. The Morgan fingerprint density at radius 2 is 2.13 bits per heavy atom. The zero-order valence-electron chi connectivity index (χ0n) is 18.0. The molecule has 5 rings (SSSR count). The molecule has 1 fully saturated rings. The smallest absolute Gasteiger partial charge is 0.252 e. The van der Waals surface area contributed by atoms with Crippen LogP contribution in [0.5, 0.6) is 0 Å². The lowest BCUT2D eigenvalue weighted by atomic mass is 9.89. The van der Waals surface area contributed by atoms with Crippen LogP contribution in [0.1, 0.15) is 63.3 Å². The predicted molar refractivity (Wildman–Crippen MR) is 123 cm³/mol. The molecule has 2 aromatic heterocycles. The van der Waals surface area contributed by atoms with Gasteiger partial charge < -0.3 is 14.6 Å². The van der Waals surface area contributed by atoms with Gasteiger partial charge in [-0.2, -0.15) is 0 Å². The summed E-state index contributed by atoms with van der Waals surface area (Å²) >= 11 is 1.86. The van der Waals surface area contributed by atoms with E-state index in [0.29, 0.717) is 11.5 Å². The van der Waals surface area contributed by atoms with Gasteiger partial charge in [-0.1, -0.05) is 6.92 Å². The fourth-order valence-corrected chi connectivity index (χ4v) is 6.61. The van der Waals surface area contributed by atoms with Gasteiger partial charge in [-0.15, -0.1) is 11.3 Å². The van der Waals surface area contributed by atoms with Gasteiger partial charge in [0.2, 0.25) is 0 Å². The first kappa shape index (κ1) is 20.7. The zero-order chi connectivity index (χ0) is 21.4. The maximum atomic E-state index is 13.4. The quantitative estimate of drug-likeness (QED) is 0.586. The van der Waals surface area contributed by atoms with Crippen LogP contribution in [-0.2, 0) is 19.3 Å². The lowest BCUT2D eigenvalue weighted by Crippen LogP contribution is -2.34. The number of carbonyl (C=O) groups is 1. The molecule has 164 valence electrons. The Morgan fingerprint density at radius 1 is 1.29 bits per heavy atom. The van der Waals surface area contributed by atoms with E-state index in [4.69, 9.17) is 4.42 Å². The van der Waals surface area contributed by atoms with E-state index >= 15 is 0 Å². The minimum atomic E-state index is -0.252. The molecule has 0 unspecified atom stereocenters. The molecule has 0 bridgehead atoms. The number of amides is 1. The zero-order valence-corrected chi connectivity index (χ0v) is 18.8. The number of rotatable bonds is 5. The highest BCUT2D eigenvalue weighted by atomic mass is 32.1. The van der Waals surface area contributed by atoms with Crippen molar-refractivity contribution in [3.8, 4) is 0 Å². The fourth-order valence-electron chi connectivity index (χ4n) is 5.19. The molecule has 1 saturated heterocycles. The van der Waals surface area contributed by atoms with Gasteiger partial charge >= 0.3 is 0 Å². The maximum absolute atomic E-state index is 13.4. The van der Waals surface area contributed by atoms with Gasteiger partial charge in [-0.3, -0.25) is 4.79 Å². The number of hydrogen-bond acceptors (Lipinski definition) is 4. The molecule has 0 spiro atoms. The third kappa shape index (κ3) is 4.03. The first-order chi connectivity index (χ1) is 15.1. The number of fused-ring (bicyclic) bond motifs is 2. The van der Waals surface area contributed by atoms with E-state index in [0.717, 1.165) is 75.7 Å². The number of nitrogens with one attached hydrogen (secondary N) is 1. The van der Waals surface area contributed by atoms with Crippen molar-refractivity contribution in [1.29, 1.82) is 0 Å². The Kier molecular flexibility index (Phi) is 5.85. The third-order valence-corrected chi connectivity index (χ3v) is 8.21. The number of benzene rings is 1. The summed E-state index contributed by atoms with van der Waals surface area (Å²) < 4.78 is 19.1. The van der Waals surface area contributed by atoms with Crippen molar-refractivity contribution in [3.05, 3.63) is 56.7 Å². The second kappa shape index (κ2) is 8.75. The van der Waals surface area contributed by atoms with Crippen LogP contribution < -0.4 is 5.32 Å². The molecule has 6 heteroatoms. The molecule has 1 N–H and O–H groups in total. The molecule has 3 aromatic rings. The van der Waals surface area contributed by atoms with Crippen molar-refractivity contribution < 1.29 is 13.6 Å². The Balaban J connectivity index is 1.22. The summed E-state index contributed by atoms with van der Waals surface area (Å²) in [5.74, 6) is 0.341. The number of piperidine rings is 1. The van der Waals surface area contributed by atoms with Gasteiger partial charge in [-0.25, -0.2) is 4.39 Å². The number of thiophene rings is 1. The predicted octanol–water partition coefficient (Wildman–Crippen LogP) is 5.29. The summed E-state index contributed by atoms with van der Waals surface area (Å²) in [6, 6.07) is 4.84. The third-order valence-electron chi connectivity index (χ3n) is 6.86. The van der Waals surface area contributed by atoms with Crippen LogP contribution in [0, 0.1) is 5.82 Å². The Bertz CT molecular complexity index is 1090. The number of carbonyl (C=O) groups excluding carboxylic acids is 1. The van der Waals surface area contributed by atoms with Crippen LogP contribution in [0.4, 0.5) is 4.39 Å².